The van der Waals surface area contributed by atoms with Gasteiger partial charge in [-0.15, -0.1) is 0 Å². The number of piperazine rings is 1. The van der Waals surface area contributed by atoms with Crippen molar-refractivity contribution in [3.8, 4) is 16.9 Å². The van der Waals surface area contributed by atoms with E-state index in [2.05, 4.69) is 9.88 Å². The Hall–Kier alpha value is -3.58. The number of benzene rings is 2. The number of nitrogens with one attached hydrogen (secondary N) is 1. The molecular weight excluding hydrogens is 428 g/mol. The maximum absolute atomic E-state index is 14.0. The highest BCUT2D eigenvalue weighted by molar-refractivity contribution is 6.01. The zero-order valence-corrected chi connectivity index (χ0v) is 19.9. The van der Waals surface area contributed by atoms with Crippen molar-refractivity contribution < 1.29 is 14.7 Å². The molecule has 3 aromatic rings. The van der Waals surface area contributed by atoms with E-state index in [1.807, 2.05) is 92.4 Å². The van der Waals surface area contributed by atoms with Crippen LogP contribution in [0.25, 0.3) is 16.9 Å². The minimum absolute atomic E-state index is 0.0720. The van der Waals surface area contributed by atoms with E-state index in [0.717, 1.165) is 22.6 Å². The SMILES string of the molecule is Cc1cc(C(=O)N2CCN(C(=O)O)C[C@H]2CNC(C)C)c(-c2ccccc2)n1-c1ccccc1. The van der Waals surface area contributed by atoms with Crippen LogP contribution in [-0.2, 0) is 0 Å². The summed E-state index contributed by atoms with van der Waals surface area (Å²) in [7, 11) is 0. The summed E-state index contributed by atoms with van der Waals surface area (Å²) in [6.45, 7) is 7.59. The van der Waals surface area contributed by atoms with Crippen LogP contribution < -0.4 is 5.32 Å². The Labute approximate surface area is 200 Å². The second-order valence-corrected chi connectivity index (χ2v) is 9.03. The third kappa shape index (κ3) is 4.84. The van der Waals surface area contributed by atoms with Crippen LogP contribution >= 0.6 is 0 Å². The molecule has 7 nitrogen and oxygen atoms in total. The summed E-state index contributed by atoms with van der Waals surface area (Å²) in [6.07, 6.45) is -0.947. The summed E-state index contributed by atoms with van der Waals surface area (Å²) in [6, 6.07) is 21.9. The van der Waals surface area contributed by atoms with E-state index in [4.69, 9.17) is 0 Å². The van der Waals surface area contributed by atoms with Gasteiger partial charge < -0.3 is 24.8 Å². The van der Waals surface area contributed by atoms with Crippen molar-refractivity contribution in [2.24, 2.45) is 0 Å². The molecule has 0 aliphatic carbocycles. The lowest BCUT2D eigenvalue weighted by Crippen LogP contribution is -2.59. The number of aryl methyl sites for hydroxylation is 1. The summed E-state index contributed by atoms with van der Waals surface area (Å²) in [5.74, 6) is -0.0720. The fourth-order valence-corrected chi connectivity index (χ4v) is 4.59. The maximum atomic E-state index is 14.0. The molecule has 7 heteroatoms. The van der Waals surface area contributed by atoms with Gasteiger partial charge in [-0.3, -0.25) is 4.79 Å². The quantitative estimate of drug-likeness (QED) is 0.576. The lowest BCUT2D eigenvalue weighted by molar-refractivity contribution is 0.0447. The molecule has 1 atom stereocenters. The highest BCUT2D eigenvalue weighted by Gasteiger charge is 2.35. The van der Waals surface area contributed by atoms with Crippen LogP contribution in [-0.4, -0.2) is 69.7 Å². The molecule has 2 heterocycles. The normalized spacial score (nSPS) is 16.2. The van der Waals surface area contributed by atoms with Gasteiger partial charge in [-0.2, -0.15) is 0 Å². The third-order valence-corrected chi connectivity index (χ3v) is 6.25. The molecule has 0 saturated carbocycles. The molecule has 1 aromatic heterocycles. The summed E-state index contributed by atoms with van der Waals surface area (Å²) >= 11 is 0. The lowest BCUT2D eigenvalue weighted by atomic mass is 10.0. The first-order valence-corrected chi connectivity index (χ1v) is 11.7. The summed E-state index contributed by atoms with van der Waals surface area (Å²) in [4.78, 5) is 28.9. The van der Waals surface area contributed by atoms with Crippen LogP contribution in [0.5, 0.6) is 0 Å². The fourth-order valence-electron chi connectivity index (χ4n) is 4.59. The molecule has 0 spiro atoms. The van der Waals surface area contributed by atoms with Gasteiger partial charge in [0.1, 0.15) is 0 Å². The van der Waals surface area contributed by atoms with Gasteiger partial charge in [0.2, 0.25) is 0 Å². The Morgan fingerprint density at radius 1 is 1.03 bits per heavy atom. The maximum Gasteiger partial charge on any atom is 0.407 e. The number of hydrogen-bond donors (Lipinski definition) is 2. The zero-order chi connectivity index (χ0) is 24.2. The van der Waals surface area contributed by atoms with Crippen LogP contribution in [0.1, 0.15) is 29.9 Å². The highest BCUT2D eigenvalue weighted by atomic mass is 16.4. The predicted molar refractivity (Wildman–Crippen MR) is 134 cm³/mol. The monoisotopic (exact) mass is 460 g/mol. The van der Waals surface area contributed by atoms with Gasteiger partial charge in [0.15, 0.2) is 0 Å². The van der Waals surface area contributed by atoms with Crippen molar-refractivity contribution in [1.29, 1.82) is 0 Å². The number of aromatic nitrogens is 1. The first-order valence-electron chi connectivity index (χ1n) is 11.7. The number of carbonyl (C=O) groups excluding carboxylic acids is 1. The van der Waals surface area contributed by atoms with E-state index >= 15 is 0 Å². The fraction of sp³-hybridized carbons (Fsp3) is 0.333. The van der Waals surface area contributed by atoms with Gasteiger partial charge in [-0.05, 0) is 30.7 Å². The molecule has 2 N–H and O–H groups in total. The first-order chi connectivity index (χ1) is 16.4. The number of carbonyl (C=O) groups is 2. The number of amides is 2. The first kappa shape index (κ1) is 23.6. The number of carboxylic acid groups (broad SMARTS) is 1. The second-order valence-electron chi connectivity index (χ2n) is 9.03. The molecule has 2 aromatic carbocycles. The third-order valence-electron chi connectivity index (χ3n) is 6.25. The summed E-state index contributed by atoms with van der Waals surface area (Å²) in [5.41, 5.74) is 4.40. The molecular formula is C27H32N4O3. The largest absolute Gasteiger partial charge is 0.465 e. The molecule has 1 aliphatic heterocycles. The van der Waals surface area contributed by atoms with Crippen LogP contribution in [0.4, 0.5) is 4.79 Å². The molecule has 1 saturated heterocycles. The number of para-hydroxylation sites is 1. The lowest BCUT2D eigenvalue weighted by Gasteiger charge is -2.41. The molecule has 34 heavy (non-hydrogen) atoms. The van der Waals surface area contributed by atoms with E-state index in [1.54, 1.807) is 0 Å². The van der Waals surface area contributed by atoms with Crippen molar-refractivity contribution in [2.45, 2.75) is 32.9 Å². The van der Waals surface area contributed by atoms with E-state index in [9.17, 15) is 14.7 Å². The van der Waals surface area contributed by atoms with Crippen molar-refractivity contribution in [3.63, 3.8) is 0 Å². The Balaban J connectivity index is 1.77. The molecule has 2 amide bonds. The van der Waals surface area contributed by atoms with Gasteiger partial charge in [0.25, 0.3) is 5.91 Å². The average Bonchev–Trinajstić information content (AvgIpc) is 3.20. The van der Waals surface area contributed by atoms with E-state index < -0.39 is 6.09 Å². The molecule has 0 bridgehead atoms. The van der Waals surface area contributed by atoms with Gasteiger partial charge in [-0.1, -0.05) is 62.4 Å². The summed E-state index contributed by atoms with van der Waals surface area (Å²) in [5, 5.41) is 12.9. The van der Waals surface area contributed by atoms with Gasteiger partial charge in [0, 0.05) is 43.6 Å². The van der Waals surface area contributed by atoms with Gasteiger partial charge >= 0.3 is 6.09 Å². The predicted octanol–water partition coefficient (Wildman–Crippen LogP) is 4.26. The van der Waals surface area contributed by atoms with E-state index in [-0.39, 0.29) is 18.0 Å². The van der Waals surface area contributed by atoms with Crippen LogP contribution in [0, 0.1) is 6.92 Å². The highest BCUT2D eigenvalue weighted by Crippen LogP contribution is 2.32. The molecule has 0 radical (unpaired) electrons. The van der Waals surface area contributed by atoms with Gasteiger partial charge in [-0.25, -0.2) is 4.79 Å². The number of hydrogen-bond acceptors (Lipinski definition) is 3. The van der Waals surface area contributed by atoms with Gasteiger partial charge in [0.05, 0.1) is 17.3 Å². The summed E-state index contributed by atoms with van der Waals surface area (Å²) < 4.78 is 2.12. The van der Waals surface area contributed by atoms with Crippen molar-refractivity contribution >= 4 is 12.0 Å². The molecule has 1 fully saturated rings. The minimum atomic E-state index is -0.947. The van der Waals surface area contributed by atoms with Crippen LogP contribution in [0.2, 0.25) is 0 Å². The number of rotatable bonds is 6. The van der Waals surface area contributed by atoms with Crippen molar-refractivity contribution in [2.75, 3.05) is 26.2 Å². The zero-order valence-electron chi connectivity index (χ0n) is 19.9. The molecule has 4 rings (SSSR count). The van der Waals surface area contributed by atoms with Crippen molar-refractivity contribution in [1.82, 2.24) is 19.7 Å². The van der Waals surface area contributed by atoms with Crippen molar-refractivity contribution in [3.05, 3.63) is 78.0 Å². The topological polar surface area (TPSA) is 77.8 Å². The molecule has 178 valence electrons. The van der Waals surface area contributed by atoms with E-state index in [0.29, 0.717) is 31.7 Å². The molecule has 1 aliphatic rings. The molecule has 0 unspecified atom stereocenters. The standard InChI is InChI=1S/C27H32N4O3/c1-19(2)28-17-23-18-29(27(33)34)14-15-30(23)26(32)24-16-20(3)31(22-12-8-5-9-13-22)25(24)21-10-6-4-7-11-21/h4-13,16,19,23,28H,14-15,17-18H2,1-3H3,(H,33,34)/t23-/m1/s1. The Morgan fingerprint density at radius 2 is 1.68 bits per heavy atom. The Bertz CT molecular complexity index is 1140. The number of nitrogens with zero attached hydrogens (tertiary/aromatic N) is 3. The Morgan fingerprint density at radius 3 is 2.29 bits per heavy atom. The smallest absolute Gasteiger partial charge is 0.407 e. The average molecular weight is 461 g/mol. The van der Waals surface area contributed by atoms with E-state index in [1.165, 1.54) is 4.90 Å². The van der Waals surface area contributed by atoms with Crippen LogP contribution in [0.3, 0.4) is 0 Å². The second kappa shape index (κ2) is 10.1. The Kier molecular flexibility index (Phi) is 7.03. The minimum Gasteiger partial charge on any atom is -0.465 e. The van der Waals surface area contributed by atoms with Crippen LogP contribution in [0.15, 0.2) is 66.7 Å².